The number of benzene rings is 2. The predicted molar refractivity (Wildman–Crippen MR) is 122 cm³/mol. The Morgan fingerprint density at radius 1 is 0.900 bits per heavy atom. The summed E-state index contributed by atoms with van der Waals surface area (Å²) in [6.07, 6.45) is 2.99. The molecule has 1 heterocycles. The van der Waals surface area contributed by atoms with Crippen molar-refractivity contribution in [1.29, 1.82) is 0 Å². The Morgan fingerprint density at radius 2 is 1.40 bits per heavy atom. The summed E-state index contributed by atoms with van der Waals surface area (Å²) < 4.78 is 0. The van der Waals surface area contributed by atoms with Gasteiger partial charge in [-0.3, -0.25) is 10.2 Å². The first-order valence-corrected chi connectivity index (χ1v) is 11.3. The molecule has 0 atom stereocenters. The average Bonchev–Trinajstić information content (AvgIpc) is 2.74. The number of aromatic nitrogens is 2. The molecule has 5 nitrogen and oxygen atoms in total. The molecule has 0 unspecified atom stereocenters. The van der Waals surface area contributed by atoms with Crippen molar-refractivity contribution in [2.24, 2.45) is 0 Å². The lowest BCUT2D eigenvalue weighted by atomic mass is 10.1. The Labute approximate surface area is 182 Å². The third kappa shape index (κ3) is 6.40. The van der Waals surface area contributed by atoms with Crippen LogP contribution in [0, 0.1) is 13.8 Å². The fraction of sp³-hybridized carbons (Fsp3) is 0.292. The maximum atomic E-state index is 12.8. The molecule has 0 bridgehead atoms. The highest BCUT2D eigenvalue weighted by molar-refractivity contribution is 7.98. The van der Waals surface area contributed by atoms with Crippen molar-refractivity contribution in [3.8, 4) is 0 Å². The maximum Gasteiger partial charge on any atom is 0.234 e. The van der Waals surface area contributed by atoms with Gasteiger partial charge in [-0.05, 0) is 43.2 Å². The molecule has 0 saturated heterocycles. The normalized spacial score (nSPS) is 10.9. The number of thioether (sulfide) groups is 1. The zero-order chi connectivity index (χ0) is 21.3. The average molecular weight is 421 g/mol. The van der Waals surface area contributed by atoms with Gasteiger partial charge in [-0.15, -0.1) is 0 Å². The number of carbonyl (C=O) groups is 1. The van der Waals surface area contributed by atoms with E-state index in [9.17, 15) is 4.79 Å². The minimum Gasteiger partial charge on any atom is -0.288 e. The molecule has 2 aromatic carbocycles. The molecule has 1 aromatic heterocycles. The van der Waals surface area contributed by atoms with Gasteiger partial charge in [0, 0.05) is 30.9 Å². The SMILES string of the molecule is CSc1nc(C)c(CCC(=O)NN(Cc2ccccc2)Cc2ccccc2)c(C)n1. The molecule has 0 aliphatic carbocycles. The molecule has 156 valence electrons. The Morgan fingerprint density at radius 3 is 1.87 bits per heavy atom. The molecule has 3 rings (SSSR count). The maximum absolute atomic E-state index is 12.8. The number of hydrazine groups is 1. The highest BCUT2D eigenvalue weighted by Gasteiger charge is 2.14. The van der Waals surface area contributed by atoms with Gasteiger partial charge >= 0.3 is 0 Å². The highest BCUT2D eigenvalue weighted by atomic mass is 32.2. The summed E-state index contributed by atoms with van der Waals surface area (Å²) >= 11 is 1.53. The summed E-state index contributed by atoms with van der Waals surface area (Å²) in [6, 6.07) is 20.3. The van der Waals surface area contributed by atoms with E-state index in [1.807, 2.05) is 61.5 Å². The first kappa shape index (κ1) is 22.0. The lowest BCUT2D eigenvalue weighted by Crippen LogP contribution is -2.41. The van der Waals surface area contributed by atoms with E-state index in [0.29, 0.717) is 25.9 Å². The van der Waals surface area contributed by atoms with E-state index in [1.54, 1.807) is 0 Å². The molecule has 0 fully saturated rings. The minimum atomic E-state index is -0.00500. The van der Waals surface area contributed by atoms with Crippen molar-refractivity contribution in [3.63, 3.8) is 0 Å². The van der Waals surface area contributed by atoms with E-state index in [1.165, 1.54) is 11.8 Å². The monoisotopic (exact) mass is 420 g/mol. The molecule has 0 radical (unpaired) electrons. The Hall–Kier alpha value is -2.70. The number of rotatable bonds is 9. The summed E-state index contributed by atoms with van der Waals surface area (Å²) in [6.45, 7) is 5.26. The Kier molecular flexibility index (Phi) is 7.99. The van der Waals surface area contributed by atoms with Gasteiger partial charge in [-0.25, -0.2) is 15.0 Å². The molecule has 1 amide bonds. The lowest BCUT2D eigenvalue weighted by Gasteiger charge is -2.23. The van der Waals surface area contributed by atoms with Gasteiger partial charge in [0.1, 0.15) is 0 Å². The topological polar surface area (TPSA) is 58.1 Å². The van der Waals surface area contributed by atoms with Gasteiger partial charge in [0.2, 0.25) is 5.91 Å². The first-order chi connectivity index (χ1) is 14.5. The second-order valence-electron chi connectivity index (χ2n) is 7.22. The Bertz CT molecular complexity index is 899. The van der Waals surface area contributed by atoms with Crippen molar-refractivity contribution in [2.75, 3.05) is 6.26 Å². The number of nitrogens with zero attached hydrogens (tertiary/aromatic N) is 3. The standard InChI is InChI=1S/C24H28N4OS/c1-18-22(19(2)26-24(25-18)30-3)14-15-23(29)27-28(16-20-10-6-4-7-11-20)17-21-12-8-5-9-13-21/h4-13H,14-17H2,1-3H3,(H,27,29). The van der Waals surface area contributed by atoms with Crippen LogP contribution in [0.4, 0.5) is 0 Å². The second-order valence-corrected chi connectivity index (χ2v) is 8.00. The third-order valence-corrected chi connectivity index (χ3v) is 5.45. The summed E-state index contributed by atoms with van der Waals surface area (Å²) in [5.74, 6) is -0.00500. The van der Waals surface area contributed by atoms with E-state index in [4.69, 9.17) is 0 Å². The summed E-state index contributed by atoms with van der Waals surface area (Å²) in [7, 11) is 0. The third-order valence-electron chi connectivity index (χ3n) is 4.90. The van der Waals surface area contributed by atoms with Crippen LogP contribution in [0.15, 0.2) is 65.8 Å². The van der Waals surface area contributed by atoms with E-state index >= 15 is 0 Å². The van der Waals surface area contributed by atoms with Crippen LogP contribution in [0.25, 0.3) is 0 Å². The van der Waals surface area contributed by atoms with Gasteiger partial charge in [0.05, 0.1) is 0 Å². The van der Waals surface area contributed by atoms with Crippen molar-refractivity contribution < 1.29 is 4.79 Å². The fourth-order valence-electron chi connectivity index (χ4n) is 3.38. The largest absolute Gasteiger partial charge is 0.288 e. The summed E-state index contributed by atoms with van der Waals surface area (Å²) in [5.41, 5.74) is 8.36. The summed E-state index contributed by atoms with van der Waals surface area (Å²) in [5, 5.41) is 2.75. The molecule has 30 heavy (non-hydrogen) atoms. The van der Waals surface area contributed by atoms with Gasteiger partial charge in [0.15, 0.2) is 5.16 Å². The molecular formula is C24H28N4OS. The smallest absolute Gasteiger partial charge is 0.234 e. The zero-order valence-electron chi connectivity index (χ0n) is 17.8. The molecule has 1 N–H and O–H groups in total. The van der Waals surface area contributed by atoms with Crippen molar-refractivity contribution in [3.05, 3.63) is 88.7 Å². The van der Waals surface area contributed by atoms with Crippen molar-refractivity contribution in [1.82, 2.24) is 20.4 Å². The quantitative estimate of drug-likeness (QED) is 0.314. The number of hydrogen-bond donors (Lipinski definition) is 1. The summed E-state index contributed by atoms with van der Waals surface area (Å²) in [4.78, 5) is 21.8. The van der Waals surface area contributed by atoms with E-state index in [-0.39, 0.29) is 5.91 Å². The lowest BCUT2D eigenvalue weighted by molar-refractivity contribution is -0.126. The van der Waals surface area contributed by atoms with Crippen LogP contribution >= 0.6 is 11.8 Å². The molecule has 0 saturated carbocycles. The fourth-order valence-corrected chi connectivity index (χ4v) is 3.83. The van der Waals surface area contributed by atoms with Gasteiger partial charge in [-0.1, -0.05) is 72.4 Å². The van der Waals surface area contributed by atoms with Crippen LogP contribution in [0.5, 0.6) is 0 Å². The number of hydrogen-bond acceptors (Lipinski definition) is 5. The molecular weight excluding hydrogens is 392 g/mol. The predicted octanol–water partition coefficient (Wildman–Crippen LogP) is 4.48. The van der Waals surface area contributed by atoms with Gasteiger partial charge < -0.3 is 0 Å². The van der Waals surface area contributed by atoms with Crippen molar-refractivity contribution >= 4 is 17.7 Å². The highest BCUT2D eigenvalue weighted by Crippen LogP contribution is 2.17. The molecule has 0 aliphatic rings. The number of carbonyl (C=O) groups excluding carboxylic acids is 1. The molecule has 0 aliphatic heterocycles. The molecule has 6 heteroatoms. The van der Waals surface area contributed by atoms with Crippen LogP contribution in [0.2, 0.25) is 0 Å². The first-order valence-electron chi connectivity index (χ1n) is 10.1. The Balaban J connectivity index is 1.65. The molecule has 0 spiro atoms. The van der Waals surface area contributed by atoms with E-state index < -0.39 is 0 Å². The zero-order valence-corrected chi connectivity index (χ0v) is 18.6. The number of amides is 1. The second kappa shape index (κ2) is 10.9. The minimum absolute atomic E-state index is 0.00500. The van der Waals surface area contributed by atoms with E-state index in [2.05, 4.69) is 39.7 Å². The van der Waals surface area contributed by atoms with Crippen LogP contribution < -0.4 is 5.43 Å². The van der Waals surface area contributed by atoms with Crippen LogP contribution in [-0.2, 0) is 24.3 Å². The van der Waals surface area contributed by atoms with Crippen LogP contribution in [0.3, 0.4) is 0 Å². The van der Waals surface area contributed by atoms with Crippen LogP contribution in [0.1, 0.15) is 34.5 Å². The van der Waals surface area contributed by atoms with Crippen LogP contribution in [-0.4, -0.2) is 27.1 Å². The van der Waals surface area contributed by atoms with Crippen molar-refractivity contribution in [2.45, 2.75) is 44.9 Å². The molecule has 3 aromatic rings. The van der Waals surface area contributed by atoms with Gasteiger partial charge in [0.25, 0.3) is 0 Å². The number of aryl methyl sites for hydroxylation is 2. The number of nitrogens with one attached hydrogen (secondary N) is 1. The van der Waals surface area contributed by atoms with Gasteiger partial charge in [-0.2, -0.15) is 0 Å². The van der Waals surface area contributed by atoms with E-state index in [0.717, 1.165) is 33.2 Å².